The number of benzene rings is 1. The molecule has 0 aromatic heterocycles. The molecule has 2 nitrogen and oxygen atoms in total. The molecule has 0 spiro atoms. The molecule has 1 aliphatic heterocycles. The van der Waals surface area contributed by atoms with Gasteiger partial charge in [0.05, 0.1) is 12.1 Å². The molecule has 1 aliphatic rings. The van der Waals surface area contributed by atoms with E-state index in [1.54, 1.807) is 7.11 Å². The van der Waals surface area contributed by atoms with Crippen LogP contribution in [0.25, 0.3) is 0 Å². The van der Waals surface area contributed by atoms with Crippen LogP contribution in [0.3, 0.4) is 0 Å². The second-order valence-corrected chi connectivity index (χ2v) is 5.11. The number of hydrogen-bond acceptors (Lipinski definition) is 2. The summed E-state index contributed by atoms with van der Waals surface area (Å²) in [6.07, 6.45) is 4.86. The summed E-state index contributed by atoms with van der Waals surface area (Å²) in [6, 6.07) is 4.59. The van der Waals surface area contributed by atoms with Crippen molar-refractivity contribution in [1.29, 1.82) is 0 Å². The first-order chi connectivity index (χ1) is 8.22. The molecule has 0 aliphatic carbocycles. The van der Waals surface area contributed by atoms with Crippen LogP contribution in [0.2, 0.25) is 5.02 Å². The van der Waals surface area contributed by atoms with E-state index < -0.39 is 0 Å². The molecule has 17 heavy (non-hydrogen) atoms. The van der Waals surface area contributed by atoms with Gasteiger partial charge in [-0.1, -0.05) is 24.1 Å². The first-order valence-corrected chi connectivity index (χ1v) is 6.65. The molecule has 1 unspecified atom stereocenters. The molecule has 1 aromatic rings. The van der Waals surface area contributed by atoms with Crippen molar-refractivity contribution in [2.45, 2.75) is 38.6 Å². The first kappa shape index (κ1) is 12.7. The van der Waals surface area contributed by atoms with Crippen molar-refractivity contribution in [3.05, 3.63) is 28.3 Å². The summed E-state index contributed by atoms with van der Waals surface area (Å²) in [5.74, 6) is 0.781. The number of halogens is 1. The van der Waals surface area contributed by atoms with Crippen molar-refractivity contribution >= 4 is 11.6 Å². The van der Waals surface area contributed by atoms with E-state index in [1.807, 2.05) is 6.07 Å². The minimum absolute atomic E-state index is 0.562. The first-order valence-electron chi connectivity index (χ1n) is 6.27. The summed E-state index contributed by atoms with van der Waals surface area (Å²) >= 11 is 6.38. The molecule has 1 heterocycles. The maximum atomic E-state index is 6.38. The number of ether oxygens (including phenoxy) is 1. The van der Waals surface area contributed by atoms with Gasteiger partial charge in [0.1, 0.15) is 5.75 Å². The molecule has 1 N–H and O–H groups in total. The fraction of sp³-hybridized carbons (Fsp3) is 0.571. The highest BCUT2D eigenvalue weighted by atomic mass is 35.5. The van der Waals surface area contributed by atoms with Gasteiger partial charge >= 0.3 is 0 Å². The van der Waals surface area contributed by atoms with Gasteiger partial charge in [-0.2, -0.15) is 0 Å². The Labute approximate surface area is 108 Å². The van der Waals surface area contributed by atoms with Crippen LogP contribution in [0.4, 0.5) is 0 Å². The van der Waals surface area contributed by atoms with Gasteiger partial charge in [0.25, 0.3) is 0 Å². The Bertz CT molecular complexity index is 386. The average molecular weight is 254 g/mol. The molecule has 2 rings (SSSR count). The lowest BCUT2D eigenvalue weighted by Crippen LogP contribution is -2.35. The molecule has 0 amide bonds. The number of methoxy groups -OCH3 is 1. The van der Waals surface area contributed by atoms with E-state index in [-0.39, 0.29) is 0 Å². The van der Waals surface area contributed by atoms with Gasteiger partial charge in [-0.25, -0.2) is 0 Å². The molecular formula is C14H20ClNO. The molecular weight excluding hydrogens is 234 g/mol. The zero-order valence-electron chi connectivity index (χ0n) is 10.6. The van der Waals surface area contributed by atoms with E-state index in [9.17, 15) is 0 Å². The Morgan fingerprint density at radius 2 is 2.24 bits per heavy atom. The number of nitrogens with one attached hydrogen (secondary N) is 1. The largest absolute Gasteiger partial charge is 0.495 e. The van der Waals surface area contributed by atoms with Crippen LogP contribution in [-0.2, 0) is 6.42 Å². The van der Waals surface area contributed by atoms with Crippen molar-refractivity contribution in [3.8, 4) is 5.75 Å². The molecule has 1 atom stereocenters. The van der Waals surface area contributed by atoms with Crippen molar-refractivity contribution < 1.29 is 4.74 Å². The predicted octanol–water partition coefficient (Wildman–Crippen LogP) is 3.34. The van der Waals surface area contributed by atoms with Crippen molar-refractivity contribution in [3.63, 3.8) is 0 Å². The molecule has 1 fully saturated rings. The fourth-order valence-electron chi connectivity index (χ4n) is 2.45. The molecule has 3 heteroatoms. The third kappa shape index (κ3) is 2.93. The molecule has 0 radical (unpaired) electrons. The number of piperidine rings is 1. The molecule has 1 saturated heterocycles. The summed E-state index contributed by atoms with van der Waals surface area (Å²) in [4.78, 5) is 0. The lowest BCUT2D eigenvalue weighted by atomic mass is 9.95. The smallest absolute Gasteiger partial charge is 0.137 e. The van der Waals surface area contributed by atoms with Gasteiger partial charge in [-0.3, -0.25) is 0 Å². The van der Waals surface area contributed by atoms with Crippen LogP contribution in [0, 0.1) is 6.92 Å². The topological polar surface area (TPSA) is 21.3 Å². The number of hydrogen-bond donors (Lipinski definition) is 1. The summed E-state index contributed by atoms with van der Waals surface area (Å²) < 4.78 is 5.28. The summed E-state index contributed by atoms with van der Waals surface area (Å²) in [6.45, 7) is 3.24. The zero-order valence-corrected chi connectivity index (χ0v) is 11.3. The van der Waals surface area contributed by atoms with Crippen LogP contribution in [0.1, 0.15) is 30.4 Å². The van der Waals surface area contributed by atoms with Crippen molar-refractivity contribution in [2.24, 2.45) is 0 Å². The van der Waals surface area contributed by atoms with E-state index in [2.05, 4.69) is 18.3 Å². The summed E-state index contributed by atoms with van der Waals surface area (Å²) in [7, 11) is 1.67. The molecule has 0 saturated carbocycles. The minimum Gasteiger partial charge on any atom is -0.495 e. The monoisotopic (exact) mass is 253 g/mol. The van der Waals surface area contributed by atoms with E-state index in [0.717, 1.165) is 23.7 Å². The fourth-order valence-corrected chi connectivity index (χ4v) is 2.82. The van der Waals surface area contributed by atoms with Gasteiger partial charge in [-0.15, -0.1) is 0 Å². The maximum Gasteiger partial charge on any atom is 0.137 e. The van der Waals surface area contributed by atoms with Gasteiger partial charge < -0.3 is 10.1 Å². The SMILES string of the molecule is COc1ccc(C)c(CC2CCCCN2)c1Cl. The Kier molecular flexibility index (Phi) is 4.30. The van der Waals surface area contributed by atoms with E-state index in [4.69, 9.17) is 16.3 Å². The highest BCUT2D eigenvalue weighted by Crippen LogP contribution is 2.31. The summed E-state index contributed by atoms with van der Waals surface area (Å²) in [5, 5.41) is 4.34. The maximum absolute atomic E-state index is 6.38. The Morgan fingerprint density at radius 3 is 2.88 bits per heavy atom. The quantitative estimate of drug-likeness (QED) is 0.892. The average Bonchev–Trinajstić information content (AvgIpc) is 2.36. The zero-order chi connectivity index (χ0) is 12.3. The van der Waals surface area contributed by atoms with Crippen LogP contribution >= 0.6 is 11.6 Å². The Hall–Kier alpha value is -0.730. The van der Waals surface area contributed by atoms with E-state index in [1.165, 1.54) is 30.4 Å². The van der Waals surface area contributed by atoms with Crippen LogP contribution in [-0.4, -0.2) is 19.7 Å². The number of aryl methyl sites for hydroxylation is 1. The van der Waals surface area contributed by atoms with Crippen LogP contribution in [0.5, 0.6) is 5.75 Å². The second kappa shape index (κ2) is 5.74. The third-order valence-electron chi connectivity index (χ3n) is 3.52. The van der Waals surface area contributed by atoms with Gasteiger partial charge in [0.15, 0.2) is 0 Å². The van der Waals surface area contributed by atoms with Crippen LogP contribution < -0.4 is 10.1 Å². The second-order valence-electron chi connectivity index (χ2n) is 4.73. The number of rotatable bonds is 3. The molecule has 0 bridgehead atoms. The van der Waals surface area contributed by atoms with Crippen molar-refractivity contribution in [2.75, 3.05) is 13.7 Å². The third-order valence-corrected chi connectivity index (χ3v) is 3.94. The lowest BCUT2D eigenvalue weighted by Gasteiger charge is -2.25. The highest BCUT2D eigenvalue weighted by molar-refractivity contribution is 6.33. The normalized spacial score (nSPS) is 20.3. The van der Waals surface area contributed by atoms with Gasteiger partial charge in [0, 0.05) is 6.04 Å². The predicted molar refractivity (Wildman–Crippen MR) is 72.1 cm³/mol. The van der Waals surface area contributed by atoms with Gasteiger partial charge in [0.2, 0.25) is 0 Å². The summed E-state index contributed by atoms with van der Waals surface area (Å²) in [5.41, 5.74) is 2.48. The van der Waals surface area contributed by atoms with E-state index >= 15 is 0 Å². The van der Waals surface area contributed by atoms with Crippen molar-refractivity contribution in [1.82, 2.24) is 5.32 Å². The van der Waals surface area contributed by atoms with Gasteiger partial charge in [-0.05, 0) is 49.9 Å². The Balaban J connectivity index is 2.18. The Morgan fingerprint density at radius 1 is 1.41 bits per heavy atom. The lowest BCUT2D eigenvalue weighted by molar-refractivity contribution is 0.396. The standard InChI is InChI=1S/C14H20ClNO/c1-10-6-7-13(17-2)14(15)12(10)9-11-5-3-4-8-16-11/h6-7,11,16H,3-5,8-9H2,1-2H3. The molecule has 94 valence electrons. The van der Waals surface area contributed by atoms with E-state index in [0.29, 0.717) is 6.04 Å². The highest BCUT2D eigenvalue weighted by Gasteiger charge is 2.17. The minimum atomic E-state index is 0.562. The van der Waals surface area contributed by atoms with Crippen LogP contribution in [0.15, 0.2) is 12.1 Å². The molecule has 1 aromatic carbocycles.